The molecule has 108 valence electrons. The molecule has 0 N–H and O–H groups in total. The van der Waals surface area contributed by atoms with Crippen LogP contribution in [0.5, 0.6) is 0 Å². The fourth-order valence-corrected chi connectivity index (χ4v) is 4.05. The van der Waals surface area contributed by atoms with Crippen LogP contribution in [0.1, 0.15) is 24.8 Å². The molecule has 1 aliphatic heterocycles. The quantitative estimate of drug-likeness (QED) is 0.783. The van der Waals surface area contributed by atoms with Crippen LogP contribution in [0.2, 0.25) is 0 Å². The normalized spacial score (nSPS) is 20.2. The summed E-state index contributed by atoms with van der Waals surface area (Å²) in [4.78, 5) is 11.9. The largest absolute Gasteiger partial charge is 0.298 e. The van der Waals surface area contributed by atoms with Crippen molar-refractivity contribution >= 4 is 15.8 Å². The number of nitrogens with zero attached hydrogens (tertiary/aromatic N) is 1. The van der Waals surface area contributed by atoms with Crippen molar-refractivity contribution < 1.29 is 13.2 Å². The molecule has 0 bridgehead atoms. The van der Waals surface area contributed by atoms with E-state index in [0.717, 1.165) is 5.56 Å². The van der Waals surface area contributed by atoms with E-state index in [1.807, 2.05) is 6.92 Å². The van der Waals surface area contributed by atoms with Gasteiger partial charge in [0.1, 0.15) is 5.78 Å². The number of hydrogen-bond acceptors (Lipinski definition) is 3. The fourth-order valence-electron chi connectivity index (χ4n) is 2.42. The van der Waals surface area contributed by atoms with Gasteiger partial charge in [0.25, 0.3) is 0 Å². The minimum Gasteiger partial charge on any atom is -0.298 e. The molecule has 20 heavy (non-hydrogen) atoms. The minimum absolute atomic E-state index is 0.0159. The molecule has 1 fully saturated rings. The second-order valence-electron chi connectivity index (χ2n) is 5.13. The van der Waals surface area contributed by atoms with Crippen LogP contribution in [0.3, 0.4) is 0 Å². The molecule has 1 aromatic rings. The molecular formula is C15H19NO3S. The molecule has 5 heteroatoms. The Balaban J connectivity index is 2.29. The molecule has 0 saturated carbocycles. The first-order chi connectivity index (χ1) is 9.45. The third-order valence-corrected chi connectivity index (χ3v) is 5.45. The summed E-state index contributed by atoms with van der Waals surface area (Å²) in [6.07, 6.45) is 3.40. The lowest BCUT2D eigenvalue weighted by molar-refractivity contribution is -0.116. The van der Waals surface area contributed by atoms with Crippen LogP contribution in [0.4, 0.5) is 0 Å². The highest BCUT2D eigenvalue weighted by molar-refractivity contribution is 7.89. The molecule has 0 spiro atoms. The van der Waals surface area contributed by atoms with E-state index >= 15 is 0 Å². The fraction of sp³-hybridized carbons (Fsp3) is 0.400. The van der Waals surface area contributed by atoms with E-state index in [0.29, 0.717) is 19.3 Å². The van der Waals surface area contributed by atoms with Gasteiger partial charge < -0.3 is 0 Å². The molecule has 0 aliphatic carbocycles. The number of hydrogen-bond donors (Lipinski definition) is 0. The number of Topliss-reactive ketones (excluding diaryl/α,β-unsaturated/α-hetero) is 1. The first kappa shape index (κ1) is 14.9. The smallest absolute Gasteiger partial charge is 0.243 e. The summed E-state index contributed by atoms with van der Waals surface area (Å²) >= 11 is 0. The van der Waals surface area contributed by atoms with Gasteiger partial charge >= 0.3 is 0 Å². The van der Waals surface area contributed by atoms with Gasteiger partial charge in [0.15, 0.2) is 0 Å². The third-order valence-electron chi connectivity index (χ3n) is 3.53. The lowest BCUT2D eigenvalue weighted by atomic mass is 10.1. The Morgan fingerprint density at radius 3 is 2.60 bits per heavy atom. The zero-order valence-corrected chi connectivity index (χ0v) is 12.4. The Hall–Kier alpha value is -1.46. The van der Waals surface area contributed by atoms with E-state index < -0.39 is 10.0 Å². The van der Waals surface area contributed by atoms with Gasteiger partial charge in [-0.1, -0.05) is 23.8 Å². The highest BCUT2D eigenvalue weighted by Crippen LogP contribution is 2.27. The van der Waals surface area contributed by atoms with E-state index in [1.54, 1.807) is 30.3 Å². The predicted molar refractivity (Wildman–Crippen MR) is 77.9 cm³/mol. The van der Waals surface area contributed by atoms with Gasteiger partial charge in [-0.05, 0) is 31.9 Å². The van der Waals surface area contributed by atoms with Gasteiger partial charge in [-0.15, -0.1) is 6.58 Å². The summed E-state index contributed by atoms with van der Waals surface area (Å²) in [5.74, 6) is -0.0188. The maximum absolute atomic E-state index is 12.6. The molecule has 1 saturated heterocycles. The highest BCUT2D eigenvalue weighted by Gasteiger charge is 2.38. The number of allylic oxidation sites excluding steroid dienone is 1. The van der Waals surface area contributed by atoms with Crippen LogP contribution in [-0.4, -0.2) is 31.1 Å². The summed E-state index contributed by atoms with van der Waals surface area (Å²) in [6, 6.07) is 6.48. The topological polar surface area (TPSA) is 54.5 Å². The van der Waals surface area contributed by atoms with Crippen LogP contribution < -0.4 is 0 Å². The lowest BCUT2D eigenvalue weighted by Crippen LogP contribution is -2.35. The van der Waals surface area contributed by atoms with Gasteiger partial charge in [0.05, 0.1) is 11.4 Å². The summed E-state index contributed by atoms with van der Waals surface area (Å²) in [6.45, 7) is 5.53. The van der Waals surface area contributed by atoms with E-state index in [1.165, 1.54) is 4.31 Å². The molecule has 0 unspecified atom stereocenters. The Bertz CT molecular complexity index is 605. The van der Waals surface area contributed by atoms with Crippen molar-refractivity contribution in [3.63, 3.8) is 0 Å². The Morgan fingerprint density at radius 2 is 2.00 bits per heavy atom. The first-order valence-corrected chi connectivity index (χ1v) is 8.10. The average Bonchev–Trinajstić information content (AvgIpc) is 2.79. The minimum atomic E-state index is -3.59. The van der Waals surface area contributed by atoms with E-state index in [4.69, 9.17) is 0 Å². The van der Waals surface area contributed by atoms with Crippen LogP contribution in [0.15, 0.2) is 41.8 Å². The maximum Gasteiger partial charge on any atom is 0.243 e. The molecule has 1 atom stereocenters. The Morgan fingerprint density at radius 1 is 1.35 bits per heavy atom. The van der Waals surface area contributed by atoms with Crippen molar-refractivity contribution in [1.82, 2.24) is 4.31 Å². The van der Waals surface area contributed by atoms with Gasteiger partial charge in [0.2, 0.25) is 10.0 Å². The molecule has 0 radical (unpaired) electrons. The zero-order chi connectivity index (χ0) is 14.8. The molecule has 2 rings (SSSR count). The van der Waals surface area contributed by atoms with Crippen LogP contribution >= 0.6 is 0 Å². The Labute approximate surface area is 120 Å². The Kier molecular flexibility index (Phi) is 4.40. The standard InChI is InChI=1S/C15H19NO3S/c1-3-4-5-13-10-14(17)11-16(13)20(18,19)15-8-6-12(2)7-9-15/h3,6-9,13H,1,4-5,10-11H2,2H3/t13-/m0/s1. The number of carbonyl (C=O) groups excluding carboxylic acids is 1. The molecule has 1 aromatic carbocycles. The van der Waals surface area contributed by atoms with Crippen LogP contribution in [0.25, 0.3) is 0 Å². The molecule has 1 aliphatic rings. The number of sulfonamides is 1. The van der Waals surface area contributed by atoms with Crippen molar-refractivity contribution in [2.75, 3.05) is 6.54 Å². The predicted octanol–water partition coefficient (Wildman–Crippen LogP) is 2.29. The van der Waals surface area contributed by atoms with Crippen LogP contribution in [-0.2, 0) is 14.8 Å². The number of aryl methyl sites for hydroxylation is 1. The third kappa shape index (κ3) is 2.99. The molecule has 4 nitrogen and oxygen atoms in total. The van der Waals surface area contributed by atoms with Crippen molar-refractivity contribution in [3.05, 3.63) is 42.5 Å². The summed E-state index contributed by atoms with van der Waals surface area (Å²) in [5.41, 5.74) is 1.00. The summed E-state index contributed by atoms with van der Waals surface area (Å²) in [5, 5.41) is 0. The van der Waals surface area contributed by atoms with Crippen molar-refractivity contribution in [2.24, 2.45) is 0 Å². The van der Waals surface area contributed by atoms with E-state index in [9.17, 15) is 13.2 Å². The van der Waals surface area contributed by atoms with Crippen LogP contribution in [0, 0.1) is 6.92 Å². The maximum atomic E-state index is 12.6. The van der Waals surface area contributed by atoms with Crippen molar-refractivity contribution in [3.8, 4) is 0 Å². The second kappa shape index (κ2) is 5.89. The van der Waals surface area contributed by atoms with Gasteiger partial charge in [-0.2, -0.15) is 4.31 Å². The van der Waals surface area contributed by atoms with E-state index in [2.05, 4.69) is 6.58 Å². The molecule has 0 aromatic heterocycles. The van der Waals surface area contributed by atoms with Gasteiger partial charge in [-0.3, -0.25) is 4.79 Å². The summed E-state index contributed by atoms with van der Waals surface area (Å²) in [7, 11) is -3.59. The number of carbonyl (C=O) groups is 1. The van der Waals surface area contributed by atoms with Gasteiger partial charge in [-0.25, -0.2) is 8.42 Å². The molecule has 0 amide bonds. The average molecular weight is 293 g/mol. The highest BCUT2D eigenvalue weighted by atomic mass is 32.2. The number of ketones is 1. The number of rotatable bonds is 5. The van der Waals surface area contributed by atoms with Crippen molar-refractivity contribution in [1.29, 1.82) is 0 Å². The van der Waals surface area contributed by atoms with Gasteiger partial charge in [0, 0.05) is 12.5 Å². The molecular weight excluding hydrogens is 274 g/mol. The number of benzene rings is 1. The van der Waals surface area contributed by atoms with E-state index in [-0.39, 0.29) is 23.3 Å². The monoisotopic (exact) mass is 293 g/mol. The summed E-state index contributed by atoms with van der Waals surface area (Å²) < 4.78 is 26.6. The first-order valence-electron chi connectivity index (χ1n) is 6.66. The van der Waals surface area contributed by atoms with Crippen molar-refractivity contribution in [2.45, 2.75) is 37.1 Å². The lowest BCUT2D eigenvalue weighted by Gasteiger charge is -2.22. The SMILES string of the molecule is C=CCC[C@H]1CC(=O)CN1S(=O)(=O)c1ccc(C)cc1. The zero-order valence-electron chi connectivity index (χ0n) is 11.6. The second-order valence-corrected chi connectivity index (χ2v) is 7.02. The molecule has 1 heterocycles.